The van der Waals surface area contributed by atoms with Crippen molar-refractivity contribution in [1.29, 1.82) is 0 Å². The molecule has 1 aromatic rings. The summed E-state index contributed by atoms with van der Waals surface area (Å²) < 4.78 is 0. The summed E-state index contributed by atoms with van der Waals surface area (Å²) in [4.78, 5) is 24.6. The lowest BCUT2D eigenvalue weighted by molar-refractivity contribution is -0.385. The summed E-state index contributed by atoms with van der Waals surface area (Å²) in [5.74, 6) is -0.371. The first kappa shape index (κ1) is 15.7. The zero-order valence-corrected chi connectivity index (χ0v) is 12.5. The van der Waals surface area contributed by atoms with E-state index in [9.17, 15) is 14.9 Å². The number of nitro benzene ring substituents is 1. The number of nitro groups is 1. The van der Waals surface area contributed by atoms with Crippen LogP contribution >= 0.6 is 11.6 Å². The second kappa shape index (κ2) is 6.41. The number of nitrogens with two attached hydrogens (primary N) is 1. The minimum Gasteiger partial charge on any atom is -0.339 e. The molecule has 2 N–H and O–H groups in total. The van der Waals surface area contributed by atoms with Gasteiger partial charge in [0.05, 0.1) is 4.92 Å². The maximum atomic E-state index is 12.5. The van der Waals surface area contributed by atoms with Crippen molar-refractivity contribution in [2.24, 2.45) is 5.73 Å². The van der Waals surface area contributed by atoms with Gasteiger partial charge in [0.1, 0.15) is 5.56 Å². The predicted molar refractivity (Wildman–Crippen MR) is 80.4 cm³/mol. The molecule has 1 aliphatic carbocycles. The van der Waals surface area contributed by atoms with E-state index in [1.165, 1.54) is 18.2 Å². The number of rotatable bonds is 3. The average Bonchev–Trinajstić information content (AvgIpc) is 2.46. The minimum atomic E-state index is -0.561. The Morgan fingerprint density at radius 3 is 2.57 bits per heavy atom. The van der Waals surface area contributed by atoms with Crippen molar-refractivity contribution in [2.45, 2.75) is 37.8 Å². The maximum absolute atomic E-state index is 12.5. The fourth-order valence-electron chi connectivity index (χ4n) is 2.68. The molecule has 0 aromatic heterocycles. The fourth-order valence-corrected chi connectivity index (χ4v) is 2.86. The van der Waals surface area contributed by atoms with Gasteiger partial charge in [-0.05, 0) is 37.8 Å². The zero-order chi connectivity index (χ0) is 15.6. The largest absolute Gasteiger partial charge is 0.339 e. The molecule has 0 radical (unpaired) electrons. The van der Waals surface area contributed by atoms with Gasteiger partial charge in [0, 0.05) is 30.2 Å². The third-order valence-electron chi connectivity index (χ3n) is 4.00. The Hall–Kier alpha value is -1.66. The van der Waals surface area contributed by atoms with E-state index in [-0.39, 0.29) is 29.2 Å². The summed E-state index contributed by atoms with van der Waals surface area (Å²) in [5.41, 5.74) is 5.67. The number of hydrogen-bond acceptors (Lipinski definition) is 4. The molecule has 1 saturated carbocycles. The van der Waals surface area contributed by atoms with Gasteiger partial charge in [0.2, 0.25) is 0 Å². The van der Waals surface area contributed by atoms with Crippen LogP contribution in [0.2, 0.25) is 5.02 Å². The van der Waals surface area contributed by atoms with Crippen molar-refractivity contribution >= 4 is 23.2 Å². The molecule has 6 nitrogen and oxygen atoms in total. The highest BCUT2D eigenvalue weighted by atomic mass is 35.5. The minimum absolute atomic E-state index is 0.0323. The molecule has 21 heavy (non-hydrogen) atoms. The van der Waals surface area contributed by atoms with Gasteiger partial charge in [-0.15, -0.1) is 0 Å². The Morgan fingerprint density at radius 1 is 1.38 bits per heavy atom. The highest BCUT2D eigenvalue weighted by molar-refractivity contribution is 6.31. The highest BCUT2D eigenvalue weighted by Crippen LogP contribution is 2.27. The van der Waals surface area contributed by atoms with Gasteiger partial charge in [-0.2, -0.15) is 0 Å². The third kappa shape index (κ3) is 3.51. The van der Waals surface area contributed by atoms with E-state index in [0.717, 1.165) is 25.7 Å². The Balaban J connectivity index is 2.23. The summed E-state index contributed by atoms with van der Waals surface area (Å²) in [7, 11) is 1.68. The van der Waals surface area contributed by atoms with Crippen LogP contribution in [-0.2, 0) is 0 Å². The second-order valence-corrected chi connectivity index (χ2v) is 5.84. The number of hydrogen-bond donors (Lipinski definition) is 1. The highest BCUT2D eigenvalue weighted by Gasteiger charge is 2.29. The van der Waals surface area contributed by atoms with Gasteiger partial charge in [0.25, 0.3) is 11.6 Å². The van der Waals surface area contributed by atoms with E-state index in [1.807, 2.05) is 0 Å². The Kier molecular flexibility index (Phi) is 4.80. The molecule has 0 spiro atoms. The Morgan fingerprint density at radius 2 is 2.00 bits per heavy atom. The molecule has 2 rings (SSSR count). The molecule has 1 fully saturated rings. The standard InChI is InChI=1S/C14H18ClN3O3/c1-17(11-5-3-10(16)4-6-11)14(19)12-8-9(15)2-7-13(12)18(20)21/h2,7-8,10-11H,3-6,16H2,1H3. The lowest BCUT2D eigenvalue weighted by Gasteiger charge is -2.33. The molecule has 1 amide bonds. The summed E-state index contributed by atoms with van der Waals surface area (Å²) in [6.07, 6.45) is 3.36. The van der Waals surface area contributed by atoms with E-state index < -0.39 is 4.92 Å². The first-order valence-electron chi connectivity index (χ1n) is 6.87. The molecule has 0 saturated heterocycles. The van der Waals surface area contributed by atoms with Crippen molar-refractivity contribution in [1.82, 2.24) is 4.90 Å². The number of carbonyl (C=O) groups is 1. The molecule has 0 unspecified atom stereocenters. The van der Waals surface area contributed by atoms with Crippen LogP contribution in [0.15, 0.2) is 18.2 Å². The average molecular weight is 312 g/mol. The molecular formula is C14H18ClN3O3. The van der Waals surface area contributed by atoms with Crippen LogP contribution in [0.4, 0.5) is 5.69 Å². The fraction of sp³-hybridized carbons (Fsp3) is 0.500. The second-order valence-electron chi connectivity index (χ2n) is 5.40. The third-order valence-corrected chi connectivity index (χ3v) is 4.23. The predicted octanol–water partition coefficient (Wildman–Crippen LogP) is 2.59. The number of benzene rings is 1. The van der Waals surface area contributed by atoms with Gasteiger partial charge in [0.15, 0.2) is 0 Å². The van der Waals surface area contributed by atoms with E-state index in [2.05, 4.69) is 0 Å². The Labute approximate surface area is 128 Å². The van der Waals surface area contributed by atoms with E-state index in [4.69, 9.17) is 17.3 Å². The molecular weight excluding hydrogens is 294 g/mol. The number of carbonyl (C=O) groups excluding carboxylic acids is 1. The first-order chi connectivity index (χ1) is 9.90. The number of amides is 1. The van der Waals surface area contributed by atoms with Crippen molar-refractivity contribution in [3.8, 4) is 0 Å². The van der Waals surface area contributed by atoms with E-state index in [0.29, 0.717) is 5.02 Å². The van der Waals surface area contributed by atoms with Crippen LogP contribution in [0.25, 0.3) is 0 Å². The maximum Gasteiger partial charge on any atom is 0.282 e. The van der Waals surface area contributed by atoms with Crippen molar-refractivity contribution in [2.75, 3.05) is 7.05 Å². The molecule has 0 heterocycles. The molecule has 0 bridgehead atoms. The van der Waals surface area contributed by atoms with Crippen molar-refractivity contribution < 1.29 is 9.72 Å². The van der Waals surface area contributed by atoms with Crippen LogP contribution in [-0.4, -0.2) is 34.9 Å². The summed E-state index contributed by atoms with van der Waals surface area (Å²) in [6, 6.07) is 4.28. The Bertz CT molecular complexity index is 556. The van der Waals surface area contributed by atoms with Crippen LogP contribution in [0.5, 0.6) is 0 Å². The van der Waals surface area contributed by atoms with Crippen LogP contribution in [0.1, 0.15) is 36.0 Å². The van der Waals surface area contributed by atoms with Crippen LogP contribution in [0.3, 0.4) is 0 Å². The van der Waals surface area contributed by atoms with Crippen molar-refractivity contribution in [3.05, 3.63) is 38.9 Å². The molecule has 0 aliphatic heterocycles. The quantitative estimate of drug-likeness (QED) is 0.686. The monoisotopic (exact) mass is 311 g/mol. The topological polar surface area (TPSA) is 89.5 Å². The number of halogens is 1. The first-order valence-corrected chi connectivity index (χ1v) is 7.24. The van der Waals surface area contributed by atoms with Crippen molar-refractivity contribution in [3.63, 3.8) is 0 Å². The molecule has 1 aliphatic rings. The smallest absolute Gasteiger partial charge is 0.282 e. The van der Waals surface area contributed by atoms with E-state index in [1.54, 1.807) is 11.9 Å². The van der Waals surface area contributed by atoms with Crippen LogP contribution < -0.4 is 5.73 Å². The normalized spacial score (nSPS) is 21.9. The lowest BCUT2D eigenvalue weighted by Crippen LogP contribution is -2.42. The van der Waals surface area contributed by atoms with Gasteiger partial charge >= 0.3 is 0 Å². The summed E-state index contributed by atoms with van der Waals surface area (Å²) in [6.45, 7) is 0. The zero-order valence-electron chi connectivity index (χ0n) is 11.8. The SMILES string of the molecule is CN(C(=O)c1cc(Cl)ccc1[N+](=O)[O-])C1CCC(N)CC1. The van der Waals surface area contributed by atoms with Crippen LogP contribution in [0, 0.1) is 10.1 Å². The van der Waals surface area contributed by atoms with E-state index >= 15 is 0 Å². The molecule has 0 atom stereocenters. The number of nitrogens with zero attached hydrogens (tertiary/aromatic N) is 2. The molecule has 1 aromatic carbocycles. The van der Waals surface area contributed by atoms with Gasteiger partial charge in [-0.1, -0.05) is 11.6 Å². The molecule has 7 heteroatoms. The van der Waals surface area contributed by atoms with Gasteiger partial charge < -0.3 is 10.6 Å². The lowest BCUT2D eigenvalue weighted by atomic mass is 9.90. The van der Waals surface area contributed by atoms with Gasteiger partial charge in [-0.25, -0.2) is 0 Å². The summed E-state index contributed by atoms with van der Waals surface area (Å²) in [5, 5.41) is 11.4. The molecule has 114 valence electrons. The van der Waals surface area contributed by atoms with Gasteiger partial charge in [-0.3, -0.25) is 14.9 Å². The summed E-state index contributed by atoms with van der Waals surface area (Å²) >= 11 is 5.87.